The highest BCUT2D eigenvalue weighted by Gasteiger charge is 2.19. The van der Waals surface area contributed by atoms with Crippen LogP contribution in [0.3, 0.4) is 0 Å². The van der Waals surface area contributed by atoms with Crippen LogP contribution in [-0.2, 0) is 10.0 Å². The zero-order chi connectivity index (χ0) is 13.3. The molecule has 0 atom stereocenters. The molecular weight excluding hydrogens is 367 g/mol. The zero-order valence-electron chi connectivity index (χ0n) is 8.52. The van der Waals surface area contributed by atoms with Crippen LogP contribution in [0.4, 0.5) is 10.1 Å². The zero-order valence-corrected chi connectivity index (χ0v) is 12.5. The average Bonchev–Trinajstić information content (AvgIpc) is 2.71. The maximum Gasteiger partial charge on any atom is 0.273 e. The van der Waals surface area contributed by atoms with E-state index in [0.717, 1.165) is 23.6 Å². The third-order valence-electron chi connectivity index (χ3n) is 1.89. The smallest absolute Gasteiger partial charge is 0.273 e. The van der Waals surface area contributed by atoms with E-state index in [0.29, 0.717) is 4.47 Å². The van der Waals surface area contributed by atoms with Gasteiger partial charge in [0.2, 0.25) is 0 Å². The van der Waals surface area contributed by atoms with Gasteiger partial charge >= 0.3 is 0 Å². The van der Waals surface area contributed by atoms with E-state index in [9.17, 15) is 12.8 Å². The first-order chi connectivity index (χ1) is 8.38. The van der Waals surface area contributed by atoms with Crippen molar-refractivity contribution in [1.29, 1.82) is 0 Å². The highest BCUT2D eigenvalue weighted by Crippen LogP contribution is 2.27. The van der Waals surface area contributed by atoms with Gasteiger partial charge < -0.3 is 0 Å². The maximum absolute atomic E-state index is 13.4. The Morgan fingerprint density at radius 1 is 1.44 bits per heavy atom. The lowest BCUT2D eigenvalue weighted by molar-refractivity contribution is 0.600. The van der Waals surface area contributed by atoms with E-state index in [1.807, 2.05) is 0 Å². The quantitative estimate of drug-likeness (QED) is 0.898. The molecule has 0 aliphatic carbocycles. The second-order valence-corrected chi connectivity index (χ2v) is 7.60. The van der Waals surface area contributed by atoms with Gasteiger partial charge in [-0.3, -0.25) is 4.72 Å². The molecular formula is C9H5BrClFN2O2S2. The third kappa shape index (κ3) is 3.00. The fourth-order valence-corrected chi connectivity index (χ4v) is 3.85. The van der Waals surface area contributed by atoms with E-state index in [4.69, 9.17) is 11.6 Å². The molecule has 0 radical (unpaired) electrons. The molecule has 0 saturated heterocycles. The van der Waals surface area contributed by atoms with E-state index < -0.39 is 15.8 Å². The van der Waals surface area contributed by atoms with E-state index in [1.165, 1.54) is 12.1 Å². The lowest BCUT2D eigenvalue weighted by Crippen LogP contribution is -2.12. The van der Waals surface area contributed by atoms with Crippen LogP contribution in [0.15, 0.2) is 33.1 Å². The first-order valence-corrected chi connectivity index (χ1v) is 7.95. The summed E-state index contributed by atoms with van der Waals surface area (Å²) in [5.41, 5.74) is -0.145. The minimum Gasteiger partial charge on any atom is -0.276 e. The second kappa shape index (κ2) is 5.12. The topological polar surface area (TPSA) is 59.1 Å². The highest BCUT2D eigenvalue weighted by molar-refractivity contribution is 9.10. The molecule has 0 aliphatic heterocycles. The second-order valence-electron chi connectivity index (χ2n) is 3.16. The largest absolute Gasteiger partial charge is 0.276 e. The minimum atomic E-state index is -3.87. The van der Waals surface area contributed by atoms with Gasteiger partial charge in [-0.15, -0.1) is 0 Å². The van der Waals surface area contributed by atoms with E-state index >= 15 is 0 Å². The lowest BCUT2D eigenvalue weighted by Gasteiger charge is -2.07. The molecule has 0 bridgehead atoms. The van der Waals surface area contributed by atoms with Crippen molar-refractivity contribution in [3.63, 3.8) is 0 Å². The predicted molar refractivity (Wildman–Crippen MR) is 72.0 cm³/mol. The van der Waals surface area contributed by atoms with Crippen molar-refractivity contribution < 1.29 is 12.8 Å². The van der Waals surface area contributed by atoms with E-state index in [-0.39, 0.29) is 14.4 Å². The third-order valence-corrected chi connectivity index (χ3v) is 5.33. The van der Waals surface area contributed by atoms with Crippen LogP contribution in [-0.4, -0.2) is 13.4 Å². The molecule has 0 unspecified atom stereocenters. The van der Waals surface area contributed by atoms with Crippen molar-refractivity contribution >= 4 is 54.6 Å². The Morgan fingerprint density at radius 2 is 2.17 bits per heavy atom. The van der Waals surface area contributed by atoms with E-state index in [1.54, 1.807) is 0 Å². The molecule has 9 heteroatoms. The summed E-state index contributed by atoms with van der Waals surface area (Å²) in [6.07, 6.45) is 1.12. The number of benzene rings is 1. The monoisotopic (exact) mass is 370 g/mol. The van der Waals surface area contributed by atoms with Crippen molar-refractivity contribution in [3.8, 4) is 0 Å². The molecule has 0 spiro atoms. The number of hydrogen-bond acceptors (Lipinski definition) is 4. The minimum absolute atomic E-state index is 0.0770. The molecule has 0 amide bonds. The van der Waals surface area contributed by atoms with Crippen LogP contribution in [0.5, 0.6) is 0 Å². The summed E-state index contributed by atoms with van der Waals surface area (Å²) < 4.78 is 39.9. The first kappa shape index (κ1) is 13.7. The van der Waals surface area contributed by atoms with Gasteiger partial charge in [0.1, 0.15) is 5.82 Å². The number of hydrogen-bond donors (Lipinski definition) is 1. The molecule has 1 aromatic carbocycles. The summed E-state index contributed by atoms with van der Waals surface area (Å²) >= 11 is 9.49. The fourth-order valence-electron chi connectivity index (χ4n) is 1.13. The van der Waals surface area contributed by atoms with Crippen molar-refractivity contribution in [2.24, 2.45) is 0 Å². The van der Waals surface area contributed by atoms with Crippen LogP contribution in [0, 0.1) is 5.82 Å². The van der Waals surface area contributed by atoms with Gasteiger partial charge in [0, 0.05) is 4.47 Å². The van der Waals surface area contributed by atoms with Gasteiger partial charge in [0.15, 0.2) is 8.68 Å². The molecule has 1 heterocycles. The normalized spacial score (nSPS) is 11.5. The number of aromatic nitrogens is 1. The van der Waals surface area contributed by atoms with Gasteiger partial charge in [0.05, 0.1) is 11.9 Å². The first-order valence-electron chi connectivity index (χ1n) is 4.48. The molecule has 0 fully saturated rings. The summed E-state index contributed by atoms with van der Waals surface area (Å²) in [7, 11) is -3.87. The Labute approximate surface area is 120 Å². The van der Waals surface area contributed by atoms with Gasteiger partial charge in [-0.25, -0.2) is 17.8 Å². The molecule has 1 aromatic heterocycles. The van der Waals surface area contributed by atoms with Crippen LogP contribution in [0.1, 0.15) is 0 Å². The fraction of sp³-hybridized carbons (Fsp3) is 0. The van der Waals surface area contributed by atoms with Crippen LogP contribution in [0.2, 0.25) is 4.47 Å². The molecule has 0 aliphatic rings. The molecule has 1 N–H and O–H groups in total. The molecule has 0 saturated carbocycles. The Balaban J connectivity index is 2.36. The summed E-state index contributed by atoms with van der Waals surface area (Å²) in [5, 5.41) is 0. The Bertz CT molecular complexity index is 690. The van der Waals surface area contributed by atoms with Crippen LogP contribution in [0.25, 0.3) is 0 Å². The molecule has 18 heavy (non-hydrogen) atoms. The number of thiazole rings is 1. The molecule has 2 rings (SSSR count). The number of nitrogens with zero attached hydrogens (tertiary/aromatic N) is 1. The summed E-state index contributed by atoms with van der Waals surface area (Å²) in [6.45, 7) is 0. The molecule has 96 valence electrons. The summed E-state index contributed by atoms with van der Waals surface area (Å²) in [6, 6.07) is 3.95. The Kier molecular flexibility index (Phi) is 3.90. The van der Waals surface area contributed by atoms with Gasteiger partial charge in [-0.2, -0.15) is 0 Å². The van der Waals surface area contributed by atoms with Gasteiger partial charge in [0.25, 0.3) is 10.0 Å². The molecule has 2 aromatic rings. The Morgan fingerprint density at radius 3 is 2.78 bits per heavy atom. The SMILES string of the molecule is O=S(=O)(Nc1cc(Br)ccc1F)c1cnc(Cl)s1. The molecule has 4 nitrogen and oxygen atoms in total. The Hall–Kier alpha value is -0.700. The van der Waals surface area contributed by atoms with Crippen molar-refractivity contribution in [1.82, 2.24) is 4.98 Å². The number of rotatable bonds is 3. The average molecular weight is 372 g/mol. The number of nitrogens with one attached hydrogen (secondary N) is 1. The summed E-state index contributed by atoms with van der Waals surface area (Å²) in [4.78, 5) is 3.63. The standard InChI is InChI=1S/C9H5BrClFN2O2S2/c10-5-1-2-6(12)7(3-5)14-18(15,16)8-4-13-9(11)17-8/h1-4,14H. The van der Waals surface area contributed by atoms with Gasteiger partial charge in [-0.1, -0.05) is 38.9 Å². The van der Waals surface area contributed by atoms with E-state index in [2.05, 4.69) is 25.6 Å². The maximum atomic E-state index is 13.4. The van der Waals surface area contributed by atoms with Crippen LogP contribution >= 0.6 is 38.9 Å². The number of anilines is 1. The predicted octanol–water partition coefficient (Wildman–Crippen LogP) is 3.50. The van der Waals surface area contributed by atoms with Crippen LogP contribution < -0.4 is 4.72 Å². The highest BCUT2D eigenvalue weighted by atomic mass is 79.9. The lowest BCUT2D eigenvalue weighted by atomic mass is 10.3. The number of halogens is 3. The van der Waals surface area contributed by atoms with Crippen molar-refractivity contribution in [2.75, 3.05) is 4.72 Å². The number of sulfonamides is 1. The van der Waals surface area contributed by atoms with Crippen molar-refractivity contribution in [3.05, 3.63) is 39.2 Å². The van der Waals surface area contributed by atoms with Gasteiger partial charge in [-0.05, 0) is 18.2 Å². The summed E-state index contributed by atoms with van der Waals surface area (Å²) in [5.74, 6) is -0.669. The van der Waals surface area contributed by atoms with Crippen molar-refractivity contribution in [2.45, 2.75) is 4.21 Å².